The summed E-state index contributed by atoms with van der Waals surface area (Å²) in [5, 5.41) is 0. The summed E-state index contributed by atoms with van der Waals surface area (Å²) in [5.41, 5.74) is 2.20. The van der Waals surface area contributed by atoms with Crippen LogP contribution >= 0.6 is 7.92 Å². The van der Waals surface area contributed by atoms with Crippen LogP contribution in [0.1, 0.15) is 57.2 Å². The van der Waals surface area contributed by atoms with Crippen molar-refractivity contribution in [1.82, 2.24) is 9.55 Å². The summed E-state index contributed by atoms with van der Waals surface area (Å²) in [6.07, 6.45) is 17.7. The smallest absolute Gasteiger partial charge is 0.105 e. The molecule has 0 bridgehead atoms. The molecule has 2 aliphatic rings. The Morgan fingerprint density at radius 3 is 2.16 bits per heavy atom. The summed E-state index contributed by atoms with van der Waals surface area (Å²) in [4.78, 5) is 4.36. The van der Waals surface area contributed by atoms with E-state index in [1.54, 1.807) is 0 Å². The molecule has 19 heavy (non-hydrogen) atoms. The van der Waals surface area contributed by atoms with Gasteiger partial charge in [0.1, 0.15) is 5.82 Å². The number of imidazole rings is 1. The number of aromatic nitrogens is 2. The van der Waals surface area contributed by atoms with Crippen molar-refractivity contribution in [3.8, 4) is 0 Å². The third kappa shape index (κ3) is 3.21. The summed E-state index contributed by atoms with van der Waals surface area (Å²) in [7, 11) is 0.271. The number of hydrogen-bond acceptors (Lipinski definition) is 1. The fourth-order valence-corrected chi connectivity index (χ4v) is 7.83. The van der Waals surface area contributed by atoms with Crippen molar-refractivity contribution in [2.24, 2.45) is 0 Å². The van der Waals surface area contributed by atoms with Crippen molar-refractivity contribution < 1.29 is 0 Å². The Balaban J connectivity index is 1.63. The fourth-order valence-electron chi connectivity index (χ4n) is 4.00. The van der Waals surface area contributed by atoms with Crippen molar-refractivity contribution >= 4 is 7.92 Å². The first-order chi connectivity index (χ1) is 9.34. The number of nitrogens with zero attached hydrogens (tertiary/aromatic N) is 2. The van der Waals surface area contributed by atoms with Gasteiger partial charge in [0.25, 0.3) is 0 Å². The Morgan fingerprint density at radius 2 is 1.68 bits per heavy atom. The van der Waals surface area contributed by atoms with Crippen LogP contribution in [0.3, 0.4) is 0 Å². The zero-order valence-corrected chi connectivity index (χ0v) is 13.1. The molecule has 0 saturated heterocycles. The number of aryl methyl sites for hydroxylation is 2. The third-order valence-electron chi connectivity index (χ3n) is 5.11. The van der Waals surface area contributed by atoms with E-state index in [1.165, 1.54) is 69.9 Å². The van der Waals surface area contributed by atoms with Crippen LogP contribution in [-0.4, -0.2) is 27.0 Å². The van der Waals surface area contributed by atoms with E-state index in [-0.39, 0.29) is 7.92 Å². The van der Waals surface area contributed by atoms with Gasteiger partial charge in [0.2, 0.25) is 0 Å². The molecule has 106 valence electrons. The van der Waals surface area contributed by atoms with Crippen LogP contribution in [0.15, 0.2) is 12.4 Å². The molecule has 0 radical (unpaired) electrons. The second kappa shape index (κ2) is 6.39. The number of hydrogen-bond donors (Lipinski definition) is 0. The Labute approximate surface area is 118 Å². The minimum atomic E-state index is 0.271. The topological polar surface area (TPSA) is 17.8 Å². The van der Waals surface area contributed by atoms with E-state index in [9.17, 15) is 0 Å². The minimum absolute atomic E-state index is 0.271. The maximum absolute atomic E-state index is 4.36. The molecular weight excluding hydrogens is 251 g/mol. The summed E-state index contributed by atoms with van der Waals surface area (Å²) in [6.45, 7) is 3.35. The zero-order valence-electron chi connectivity index (χ0n) is 12.2. The molecule has 0 spiro atoms. The minimum Gasteiger partial charge on any atom is -0.335 e. The van der Waals surface area contributed by atoms with E-state index >= 15 is 0 Å². The van der Waals surface area contributed by atoms with Gasteiger partial charge >= 0.3 is 0 Å². The van der Waals surface area contributed by atoms with Crippen LogP contribution in [0.5, 0.6) is 0 Å². The van der Waals surface area contributed by atoms with E-state index in [1.807, 2.05) is 6.20 Å². The molecule has 2 nitrogen and oxygen atoms in total. The maximum atomic E-state index is 4.36. The summed E-state index contributed by atoms with van der Waals surface area (Å²) in [5.74, 6) is 1.19. The Morgan fingerprint density at radius 1 is 1.11 bits per heavy atom. The average molecular weight is 278 g/mol. The van der Waals surface area contributed by atoms with Crippen LogP contribution in [0, 0.1) is 6.92 Å². The molecule has 0 N–H and O–H groups in total. The van der Waals surface area contributed by atoms with Crippen LogP contribution in [0.2, 0.25) is 0 Å². The maximum Gasteiger partial charge on any atom is 0.105 e. The van der Waals surface area contributed by atoms with Gasteiger partial charge in [-0.1, -0.05) is 33.6 Å². The molecule has 1 heterocycles. The molecule has 0 atom stereocenters. The predicted octanol–water partition coefficient (Wildman–Crippen LogP) is 4.56. The summed E-state index contributed by atoms with van der Waals surface area (Å²) >= 11 is 0. The fraction of sp³-hybridized carbons (Fsp3) is 0.812. The Bertz CT molecular complexity index is 373. The third-order valence-corrected chi connectivity index (χ3v) is 8.74. The molecule has 3 rings (SSSR count). The van der Waals surface area contributed by atoms with Crippen LogP contribution < -0.4 is 0 Å². The van der Waals surface area contributed by atoms with Gasteiger partial charge in [-0.25, -0.2) is 4.98 Å². The second-order valence-corrected chi connectivity index (χ2v) is 9.22. The van der Waals surface area contributed by atoms with E-state index < -0.39 is 0 Å². The van der Waals surface area contributed by atoms with Gasteiger partial charge in [-0.15, -0.1) is 0 Å². The lowest BCUT2D eigenvalue weighted by molar-refractivity contribution is 0.721. The van der Waals surface area contributed by atoms with Crippen molar-refractivity contribution in [3.63, 3.8) is 0 Å². The normalized spacial score (nSPS) is 21.8. The molecule has 3 heteroatoms. The monoisotopic (exact) mass is 278 g/mol. The largest absolute Gasteiger partial charge is 0.335 e. The van der Waals surface area contributed by atoms with E-state index in [4.69, 9.17) is 0 Å². The van der Waals surface area contributed by atoms with Gasteiger partial charge in [-0.3, -0.25) is 0 Å². The zero-order chi connectivity index (χ0) is 13.1. The Kier molecular flexibility index (Phi) is 4.58. The van der Waals surface area contributed by atoms with E-state index in [0.29, 0.717) is 0 Å². The lowest BCUT2D eigenvalue weighted by Gasteiger charge is -2.30. The highest BCUT2D eigenvalue weighted by molar-refractivity contribution is 7.59. The highest BCUT2D eigenvalue weighted by Crippen LogP contribution is 2.56. The summed E-state index contributed by atoms with van der Waals surface area (Å²) < 4.78 is 2.36. The highest BCUT2D eigenvalue weighted by atomic mass is 31.1. The molecule has 1 aromatic heterocycles. The molecular formula is C16H27N2P. The first-order valence-electron chi connectivity index (χ1n) is 8.08. The van der Waals surface area contributed by atoms with Crippen LogP contribution in [0.4, 0.5) is 0 Å². The van der Waals surface area contributed by atoms with Gasteiger partial charge in [0, 0.05) is 18.9 Å². The molecule has 0 unspecified atom stereocenters. The van der Waals surface area contributed by atoms with Gasteiger partial charge in [-0.05, 0) is 50.1 Å². The van der Waals surface area contributed by atoms with Crippen LogP contribution in [-0.2, 0) is 6.54 Å². The molecule has 0 aliphatic heterocycles. The van der Waals surface area contributed by atoms with E-state index in [2.05, 4.69) is 22.7 Å². The van der Waals surface area contributed by atoms with Gasteiger partial charge < -0.3 is 4.57 Å². The lowest BCUT2D eigenvalue weighted by atomic mass is 10.4. The molecule has 2 fully saturated rings. The standard InChI is InChI=1S/C16H27N2P/c1-14-17-10-11-18(14)12-13-19(15-6-2-3-7-15)16-8-4-5-9-16/h10-11,15-16H,2-9,12-13H2,1H3. The quantitative estimate of drug-likeness (QED) is 0.722. The van der Waals surface area contributed by atoms with Crippen molar-refractivity contribution in [2.45, 2.75) is 76.2 Å². The molecule has 1 aromatic rings. The van der Waals surface area contributed by atoms with Crippen LogP contribution in [0.25, 0.3) is 0 Å². The highest BCUT2D eigenvalue weighted by Gasteiger charge is 2.32. The predicted molar refractivity (Wildman–Crippen MR) is 83.3 cm³/mol. The SMILES string of the molecule is Cc1nccn1CCP(C1CCCC1)C1CCCC1. The van der Waals surface area contributed by atoms with Crippen molar-refractivity contribution in [1.29, 1.82) is 0 Å². The molecule has 2 saturated carbocycles. The lowest BCUT2D eigenvalue weighted by Crippen LogP contribution is -2.15. The van der Waals surface area contributed by atoms with Crippen molar-refractivity contribution in [3.05, 3.63) is 18.2 Å². The molecule has 0 aromatic carbocycles. The van der Waals surface area contributed by atoms with Gasteiger partial charge in [-0.2, -0.15) is 0 Å². The van der Waals surface area contributed by atoms with Crippen molar-refractivity contribution in [2.75, 3.05) is 6.16 Å². The van der Waals surface area contributed by atoms with Gasteiger partial charge in [0.05, 0.1) is 0 Å². The summed E-state index contributed by atoms with van der Waals surface area (Å²) in [6, 6.07) is 0. The van der Waals surface area contributed by atoms with E-state index in [0.717, 1.165) is 11.3 Å². The molecule has 2 aliphatic carbocycles. The first-order valence-corrected chi connectivity index (χ1v) is 9.74. The Hall–Kier alpha value is -0.360. The average Bonchev–Trinajstić information content (AvgIpc) is 3.13. The first kappa shape index (κ1) is 13.6. The molecule has 0 amide bonds. The van der Waals surface area contributed by atoms with Gasteiger partial charge in [0.15, 0.2) is 0 Å². The second-order valence-electron chi connectivity index (χ2n) is 6.28. The number of rotatable bonds is 5.